The molecule has 1 atom stereocenters. The van der Waals surface area contributed by atoms with Crippen LogP contribution in [0.15, 0.2) is 18.2 Å². The minimum absolute atomic E-state index is 0.0537. The van der Waals surface area contributed by atoms with Gasteiger partial charge in [0, 0.05) is 12.2 Å². The first kappa shape index (κ1) is 13.4. The van der Waals surface area contributed by atoms with E-state index < -0.39 is 17.8 Å². The van der Waals surface area contributed by atoms with Crippen molar-refractivity contribution in [3.05, 3.63) is 29.6 Å². The number of halogens is 1. The second-order valence-electron chi connectivity index (χ2n) is 3.99. The van der Waals surface area contributed by atoms with Crippen molar-refractivity contribution >= 4 is 11.6 Å². The molecular formula is C12H17FN2O2. The van der Waals surface area contributed by atoms with Gasteiger partial charge in [-0.05, 0) is 38.0 Å². The Morgan fingerprint density at radius 2 is 2.29 bits per heavy atom. The molecule has 0 saturated heterocycles. The Kier molecular flexibility index (Phi) is 4.90. The summed E-state index contributed by atoms with van der Waals surface area (Å²) in [6.07, 6.45) is 0.851. The Labute approximate surface area is 99.6 Å². The number of hydrogen-bond acceptors (Lipinski definition) is 3. The van der Waals surface area contributed by atoms with E-state index in [4.69, 9.17) is 10.8 Å². The highest BCUT2D eigenvalue weighted by Gasteiger charge is 2.11. The summed E-state index contributed by atoms with van der Waals surface area (Å²) in [5.41, 5.74) is 5.77. The quantitative estimate of drug-likeness (QED) is 0.536. The van der Waals surface area contributed by atoms with E-state index in [1.54, 1.807) is 6.92 Å². The van der Waals surface area contributed by atoms with Gasteiger partial charge < -0.3 is 16.2 Å². The van der Waals surface area contributed by atoms with Crippen molar-refractivity contribution in [1.82, 2.24) is 5.32 Å². The molecule has 1 unspecified atom stereocenters. The Morgan fingerprint density at radius 3 is 2.94 bits per heavy atom. The molecule has 0 aliphatic rings. The normalized spacial score (nSPS) is 12.2. The lowest BCUT2D eigenvalue weighted by molar-refractivity contribution is 0.0945. The number of anilines is 1. The van der Waals surface area contributed by atoms with Crippen LogP contribution >= 0.6 is 0 Å². The second-order valence-corrected chi connectivity index (χ2v) is 3.99. The SMILES string of the molecule is CC(O)CCCNC(=O)c1cc(N)ccc1F. The molecule has 1 aromatic carbocycles. The minimum atomic E-state index is -0.591. The Hall–Kier alpha value is -1.62. The molecule has 1 aromatic rings. The third-order valence-electron chi connectivity index (χ3n) is 2.32. The smallest absolute Gasteiger partial charge is 0.254 e. The van der Waals surface area contributed by atoms with Crippen molar-refractivity contribution in [2.45, 2.75) is 25.9 Å². The van der Waals surface area contributed by atoms with E-state index in [2.05, 4.69) is 5.32 Å². The number of aliphatic hydroxyl groups excluding tert-OH is 1. The van der Waals surface area contributed by atoms with Crippen LogP contribution in [0.1, 0.15) is 30.1 Å². The summed E-state index contributed by atoms with van der Waals surface area (Å²) in [5.74, 6) is -1.08. The predicted octanol–water partition coefficient (Wildman–Crippen LogP) is 1.30. The van der Waals surface area contributed by atoms with Crippen LogP contribution in [0.25, 0.3) is 0 Å². The summed E-state index contributed by atoms with van der Waals surface area (Å²) >= 11 is 0. The van der Waals surface area contributed by atoms with Gasteiger partial charge in [0.2, 0.25) is 0 Å². The average molecular weight is 240 g/mol. The molecule has 0 spiro atoms. The van der Waals surface area contributed by atoms with E-state index in [1.807, 2.05) is 0 Å². The fourth-order valence-corrected chi connectivity index (χ4v) is 1.41. The van der Waals surface area contributed by atoms with Crippen molar-refractivity contribution in [1.29, 1.82) is 0 Å². The number of hydrogen-bond donors (Lipinski definition) is 3. The molecule has 0 saturated carbocycles. The number of carbonyl (C=O) groups excluding carboxylic acids is 1. The zero-order valence-electron chi connectivity index (χ0n) is 9.74. The maximum absolute atomic E-state index is 13.3. The van der Waals surface area contributed by atoms with Gasteiger partial charge in [-0.1, -0.05) is 0 Å². The maximum Gasteiger partial charge on any atom is 0.254 e. The highest BCUT2D eigenvalue weighted by Crippen LogP contribution is 2.11. The van der Waals surface area contributed by atoms with Crippen molar-refractivity contribution in [3.63, 3.8) is 0 Å². The fourth-order valence-electron chi connectivity index (χ4n) is 1.41. The number of carbonyl (C=O) groups is 1. The zero-order chi connectivity index (χ0) is 12.8. The summed E-state index contributed by atoms with van der Waals surface area (Å²) in [5, 5.41) is 11.6. The standard InChI is InChI=1S/C12H17FN2O2/c1-8(16)3-2-6-15-12(17)10-7-9(14)4-5-11(10)13/h4-5,7-8,16H,2-3,6,14H2,1H3,(H,15,17). The lowest BCUT2D eigenvalue weighted by Gasteiger charge is -2.07. The molecule has 5 heteroatoms. The van der Waals surface area contributed by atoms with Gasteiger partial charge in [-0.15, -0.1) is 0 Å². The van der Waals surface area contributed by atoms with E-state index >= 15 is 0 Å². The van der Waals surface area contributed by atoms with Gasteiger partial charge in [-0.3, -0.25) is 4.79 Å². The average Bonchev–Trinajstić information content (AvgIpc) is 2.27. The van der Waals surface area contributed by atoms with Gasteiger partial charge in [-0.2, -0.15) is 0 Å². The highest BCUT2D eigenvalue weighted by molar-refractivity contribution is 5.95. The van der Waals surface area contributed by atoms with Crippen LogP contribution < -0.4 is 11.1 Å². The molecule has 1 rings (SSSR count). The molecule has 17 heavy (non-hydrogen) atoms. The molecule has 94 valence electrons. The summed E-state index contributed by atoms with van der Waals surface area (Å²) < 4.78 is 13.3. The molecule has 0 bridgehead atoms. The van der Waals surface area contributed by atoms with Gasteiger partial charge in [0.1, 0.15) is 5.82 Å². The molecule has 0 fully saturated rings. The number of benzene rings is 1. The van der Waals surface area contributed by atoms with E-state index in [-0.39, 0.29) is 5.56 Å². The van der Waals surface area contributed by atoms with Crippen LogP contribution in [-0.2, 0) is 0 Å². The first-order chi connectivity index (χ1) is 8.00. The number of nitrogens with one attached hydrogen (secondary N) is 1. The molecule has 1 amide bonds. The van der Waals surface area contributed by atoms with Crippen LogP contribution in [0.4, 0.5) is 10.1 Å². The molecule has 4 N–H and O–H groups in total. The van der Waals surface area contributed by atoms with Gasteiger partial charge >= 0.3 is 0 Å². The molecule has 4 nitrogen and oxygen atoms in total. The highest BCUT2D eigenvalue weighted by atomic mass is 19.1. The van der Waals surface area contributed by atoms with Gasteiger partial charge in [0.05, 0.1) is 11.7 Å². The third kappa shape index (κ3) is 4.40. The van der Waals surface area contributed by atoms with Crippen LogP contribution in [0.5, 0.6) is 0 Å². The number of aliphatic hydroxyl groups is 1. The predicted molar refractivity (Wildman–Crippen MR) is 64.1 cm³/mol. The molecule has 0 aliphatic carbocycles. The number of rotatable bonds is 5. The third-order valence-corrected chi connectivity index (χ3v) is 2.32. The Bertz CT molecular complexity index is 394. The monoisotopic (exact) mass is 240 g/mol. The van der Waals surface area contributed by atoms with E-state index in [0.717, 1.165) is 0 Å². The van der Waals surface area contributed by atoms with Crippen molar-refractivity contribution in [2.24, 2.45) is 0 Å². The van der Waals surface area contributed by atoms with Gasteiger partial charge in [0.25, 0.3) is 5.91 Å². The number of nitrogens with two attached hydrogens (primary N) is 1. The number of nitrogen functional groups attached to an aromatic ring is 1. The second kappa shape index (κ2) is 6.20. The van der Waals surface area contributed by atoms with E-state index in [9.17, 15) is 9.18 Å². The largest absolute Gasteiger partial charge is 0.399 e. The summed E-state index contributed by atoms with van der Waals surface area (Å²) in [7, 11) is 0. The zero-order valence-corrected chi connectivity index (χ0v) is 9.74. The Morgan fingerprint density at radius 1 is 1.59 bits per heavy atom. The molecule has 0 radical (unpaired) electrons. The first-order valence-electron chi connectivity index (χ1n) is 5.52. The van der Waals surface area contributed by atoms with E-state index in [1.165, 1.54) is 18.2 Å². The van der Waals surface area contributed by atoms with Crippen molar-refractivity contribution in [3.8, 4) is 0 Å². The topological polar surface area (TPSA) is 75.3 Å². The van der Waals surface area contributed by atoms with Crippen molar-refractivity contribution < 1.29 is 14.3 Å². The van der Waals surface area contributed by atoms with Crippen LogP contribution in [0, 0.1) is 5.82 Å². The fraction of sp³-hybridized carbons (Fsp3) is 0.417. The minimum Gasteiger partial charge on any atom is -0.399 e. The molecule has 0 heterocycles. The molecule has 0 aromatic heterocycles. The summed E-state index contributed by atoms with van der Waals surface area (Å²) in [4.78, 5) is 11.6. The first-order valence-corrected chi connectivity index (χ1v) is 5.52. The van der Waals surface area contributed by atoms with Crippen LogP contribution in [0.2, 0.25) is 0 Å². The van der Waals surface area contributed by atoms with E-state index in [0.29, 0.717) is 25.1 Å². The molecule has 0 aliphatic heterocycles. The van der Waals surface area contributed by atoms with Crippen LogP contribution in [0.3, 0.4) is 0 Å². The molecular weight excluding hydrogens is 223 g/mol. The van der Waals surface area contributed by atoms with Crippen LogP contribution in [-0.4, -0.2) is 23.7 Å². The van der Waals surface area contributed by atoms with Gasteiger partial charge in [0.15, 0.2) is 0 Å². The van der Waals surface area contributed by atoms with Crippen molar-refractivity contribution in [2.75, 3.05) is 12.3 Å². The lowest BCUT2D eigenvalue weighted by Crippen LogP contribution is -2.26. The summed E-state index contributed by atoms with van der Waals surface area (Å²) in [6, 6.07) is 3.87. The Balaban J connectivity index is 2.49. The van der Waals surface area contributed by atoms with Gasteiger partial charge in [-0.25, -0.2) is 4.39 Å². The summed E-state index contributed by atoms with van der Waals surface area (Å²) in [6.45, 7) is 2.08. The maximum atomic E-state index is 13.3. The lowest BCUT2D eigenvalue weighted by atomic mass is 10.1. The number of amides is 1.